The smallest absolute Gasteiger partial charge is 0.332 e. The monoisotopic (exact) mass is 316 g/mol. The van der Waals surface area contributed by atoms with Gasteiger partial charge in [-0.2, -0.15) is 0 Å². The molecule has 0 heterocycles. The van der Waals surface area contributed by atoms with Crippen molar-refractivity contribution < 1.29 is 29.7 Å². The zero-order valence-electron chi connectivity index (χ0n) is 12.5. The average Bonchev–Trinajstić information content (AvgIpc) is 2.47. The van der Waals surface area contributed by atoms with E-state index in [4.69, 9.17) is 26.8 Å². The van der Waals surface area contributed by atoms with Crippen LogP contribution in [-0.4, -0.2) is 45.8 Å². The van der Waals surface area contributed by atoms with E-state index in [9.17, 15) is 14.4 Å². The molecule has 7 N–H and O–H groups in total. The molecule has 1 atom stereocenters. The van der Waals surface area contributed by atoms with Crippen LogP contribution < -0.4 is 11.5 Å². The summed E-state index contributed by atoms with van der Waals surface area (Å²) >= 11 is 0. The standard InChI is InChI=1S/C8H10O4.C6H14N2O2/c9-7(10)5-3-1-2-4-6(5)8(11)12;7-4-2-1-3-5(8)6(9)10/h1-4H2,(H,9,10)(H,11,12);5H,1-4,7-8H2,(H,9,10). The molecule has 22 heavy (non-hydrogen) atoms. The summed E-state index contributed by atoms with van der Waals surface area (Å²) in [5.41, 5.74) is 10.6. The molecule has 0 aliphatic heterocycles. The summed E-state index contributed by atoms with van der Waals surface area (Å²) in [5, 5.41) is 25.6. The molecule has 8 heteroatoms. The first-order valence-electron chi connectivity index (χ1n) is 7.18. The molecule has 0 saturated carbocycles. The van der Waals surface area contributed by atoms with Crippen LogP contribution in [0.25, 0.3) is 0 Å². The number of unbranched alkanes of at least 4 members (excludes halogenated alkanes) is 1. The predicted molar refractivity (Wildman–Crippen MR) is 79.3 cm³/mol. The fourth-order valence-corrected chi connectivity index (χ4v) is 2.01. The molecule has 0 fully saturated rings. The van der Waals surface area contributed by atoms with E-state index in [2.05, 4.69) is 0 Å². The molecule has 1 unspecified atom stereocenters. The summed E-state index contributed by atoms with van der Waals surface area (Å²) in [7, 11) is 0. The maximum Gasteiger partial charge on any atom is 0.332 e. The third kappa shape index (κ3) is 7.75. The van der Waals surface area contributed by atoms with Gasteiger partial charge in [-0.3, -0.25) is 4.79 Å². The van der Waals surface area contributed by atoms with Gasteiger partial charge in [-0.25, -0.2) is 9.59 Å². The number of hydrogen-bond acceptors (Lipinski definition) is 5. The zero-order valence-corrected chi connectivity index (χ0v) is 12.5. The molecule has 1 aliphatic rings. The van der Waals surface area contributed by atoms with Crippen molar-refractivity contribution in [1.82, 2.24) is 0 Å². The second-order valence-electron chi connectivity index (χ2n) is 5.00. The molecule has 0 amide bonds. The Kier molecular flexibility index (Phi) is 9.80. The van der Waals surface area contributed by atoms with Crippen LogP contribution in [-0.2, 0) is 14.4 Å². The molecule has 8 nitrogen and oxygen atoms in total. The van der Waals surface area contributed by atoms with E-state index in [0.29, 0.717) is 25.8 Å². The van der Waals surface area contributed by atoms with Crippen molar-refractivity contribution in [2.45, 2.75) is 51.0 Å². The van der Waals surface area contributed by atoms with Crippen LogP contribution in [0.15, 0.2) is 11.1 Å². The van der Waals surface area contributed by atoms with Crippen LogP contribution in [0, 0.1) is 0 Å². The van der Waals surface area contributed by atoms with E-state index in [0.717, 1.165) is 25.7 Å². The highest BCUT2D eigenvalue weighted by Gasteiger charge is 2.22. The maximum absolute atomic E-state index is 10.5. The fraction of sp³-hybridized carbons (Fsp3) is 0.643. The van der Waals surface area contributed by atoms with Gasteiger partial charge in [-0.1, -0.05) is 6.42 Å². The molecule has 0 radical (unpaired) electrons. The van der Waals surface area contributed by atoms with Crippen LogP contribution in [0.3, 0.4) is 0 Å². The van der Waals surface area contributed by atoms with E-state index >= 15 is 0 Å². The summed E-state index contributed by atoms with van der Waals surface area (Å²) in [6, 6.07) is -0.716. The van der Waals surface area contributed by atoms with Gasteiger partial charge >= 0.3 is 17.9 Å². The third-order valence-electron chi connectivity index (χ3n) is 3.27. The van der Waals surface area contributed by atoms with Gasteiger partial charge in [0.15, 0.2) is 0 Å². The Balaban J connectivity index is 0.000000409. The maximum atomic E-state index is 10.5. The molecule has 0 aromatic carbocycles. The number of rotatable bonds is 7. The lowest BCUT2D eigenvalue weighted by Gasteiger charge is -2.13. The van der Waals surface area contributed by atoms with Crippen LogP contribution in [0.2, 0.25) is 0 Å². The highest BCUT2D eigenvalue weighted by atomic mass is 16.4. The van der Waals surface area contributed by atoms with Crippen LogP contribution in [0.5, 0.6) is 0 Å². The number of hydrogen-bond donors (Lipinski definition) is 5. The SMILES string of the molecule is NCCCCC(N)C(=O)O.O=C(O)C1=C(C(=O)O)CCCC1. The van der Waals surface area contributed by atoms with Gasteiger partial charge in [0.25, 0.3) is 0 Å². The molecular weight excluding hydrogens is 292 g/mol. The summed E-state index contributed by atoms with van der Waals surface area (Å²) in [4.78, 5) is 31.2. The first-order valence-corrected chi connectivity index (χ1v) is 7.18. The summed E-state index contributed by atoms with van der Waals surface area (Å²) < 4.78 is 0. The van der Waals surface area contributed by atoms with Crippen molar-refractivity contribution in [2.24, 2.45) is 11.5 Å². The van der Waals surface area contributed by atoms with Gasteiger partial charge in [0, 0.05) is 11.1 Å². The molecule has 0 spiro atoms. The predicted octanol–water partition coefficient (Wildman–Crippen LogP) is 0.554. The lowest BCUT2D eigenvalue weighted by atomic mass is 9.92. The minimum absolute atomic E-state index is 0.0775. The molecular formula is C14H24N2O6. The third-order valence-corrected chi connectivity index (χ3v) is 3.27. The Bertz CT molecular complexity index is 407. The molecule has 0 bridgehead atoms. The highest BCUT2D eigenvalue weighted by molar-refractivity contribution is 5.99. The van der Waals surface area contributed by atoms with E-state index in [1.807, 2.05) is 0 Å². The first kappa shape index (κ1) is 20.1. The van der Waals surface area contributed by atoms with Crippen LogP contribution in [0.4, 0.5) is 0 Å². The molecule has 1 rings (SSSR count). The van der Waals surface area contributed by atoms with Crippen molar-refractivity contribution in [3.63, 3.8) is 0 Å². The van der Waals surface area contributed by atoms with Crippen LogP contribution in [0.1, 0.15) is 44.9 Å². The molecule has 0 aromatic rings. The second-order valence-corrected chi connectivity index (χ2v) is 5.00. The average molecular weight is 316 g/mol. The summed E-state index contributed by atoms with van der Waals surface area (Å²) in [6.45, 7) is 0.604. The Hall–Kier alpha value is -1.93. The number of nitrogens with two attached hydrogens (primary N) is 2. The molecule has 0 aromatic heterocycles. The van der Waals surface area contributed by atoms with E-state index in [1.165, 1.54) is 0 Å². The molecule has 1 aliphatic carbocycles. The summed E-state index contributed by atoms with van der Waals surface area (Å²) in [6.07, 6.45) is 4.49. The van der Waals surface area contributed by atoms with Crippen molar-refractivity contribution in [3.05, 3.63) is 11.1 Å². The lowest BCUT2D eigenvalue weighted by molar-refractivity contribution is -0.138. The number of carbonyl (C=O) groups is 3. The van der Waals surface area contributed by atoms with Gasteiger partial charge in [0.1, 0.15) is 6.04 Å². The zero-order chi connectivity index (χ0) is 17.1. The molecule has 0 saturated heterocycles. The minimum Gasteiger partial charge on any atom is -0.480 e. The van der Waals surface area contributed by atoms with Crippen molar-refractivity contribution in [1.29, 1.82) is 0 Å². The largest absolute Gasteiger partial charge is 0.480 e. The van der Waals surface area contributed by atoms with Gasteiger partial charge < -0.3 is 26.8 Å². The van der Waals surface area contributed by atoms with Crippen molar-refractivity contribution in [3.8, 4) is 0 Å². The summed E-state index contributed by atoms with van der Waals surface area (Å²) in [5.74, 6) is -3.11. The Labute approximate surface area is 128 Å². The van der Waals surface area contributed by atoms with Gasteiger partial charge in [0.05, 0.1) is 0 Å². The van der Waals surface area contributed by atoms with Crippen molar-refractivity contribution in [2.75, 3.05) is 6.54 Å². The topological polar surface area (TPSA) is 164 Å². The fourth-order valence-electron chi connectivity index (χ4n) is 2.01. The molecule has 126 valence electrons. The van der Waals surface area contributed by atoms with Crippen LogP contribution >= 0.6 is 0 Å². The number of carboxylic acid groups (broad SMARTS) is 3. The second kappa shape index (κ2) is 10.7. The first-order chi connectivity index (χ1) is 10.3. The lowest BCUT2D eigenvalue weighted by Crippen LogP contribution is -2.29. The normalized spacial score (nSPS) is 15.5. The Morgan fingerprint density at radius 3 is 1.73 bits per heavy atom. The van der Waals surface area contributed by atoms with Gasteiger partial charge in [0.2, 0.25) is 0 Å². The van der Waals surface area contributed by atoms with E-state index < -0.39 is 23.9 Å². The van der Waals surface area contributed by atoms with Gasteiger partial charge in [-0.05, 0) is 45.1 Å². The quantitative estimate of drug-likeness (QED) is 0.425. The number of aliphatic carboxylic acids is 3. The van der Waals surface area contributed by atoms with E-state index in [1.54, 1.807) is 0 Å². The van der Waals surface area contributed by atoms with E-state index in [-0.39, 0.29) is 11.1 Å². The Morgan fingerprint density at radius 1 is 0.955 bits per heavy atom. The van der Waals surface area contributed by atoms with Gasteiger partial charge in [-0.15, -0.1) is 0 Å². The highest BCUT2D eigenvalue weighted by Crippen LogP contribution is 2.24. The number of carboxylic acids is 3. The Morgan fingerprint density at radius 2 is 1.41 bits per heavy atom. The minimum atomic E-state index is -1.09. The van der Waals surface area contributed by atoms with Crippen molar-refractivity contribution >= 4 is 17.9 Å².